The topological polar surface area (TPSA) is 75.4 Å². The predicted octanol–water partition coefficient (Wildman–Crippen LogP) is 1.85. The third-order valence-corrected chi connectivity index (χ3v) is 3.84. The summed E-state index contributed by atoms with van der Waals surface area (Å²) in [6, 6.07) is 5.83. The van der Waals surface area contributed by atoms with E-state index in [2.05, 4.69) is 10.3 Å². The fraction of sp³-hybridized carbons (Fsp3) is 0.312. The van der Waals surface area contributed by atoms with Crippen molar-refractivity contribution in [2.24, 2.45) is 0 Å². The van der Waals surface area contributed by atoms with Crippen LogP contribution in [0.1, 0.15) is 33.8 Å². The van der Waals surface area contributed by atoms with Crippen molar-refractivity contribution in [2.45, 2.75) is 18.9 Å². The molecule has 2 aromatic heterocycles. The lowest BCUT2D eigenvalue weighted by molar-refractivity contribution is 0.0667. The van der Waals surface area contributed by atoms with E-state index >= 15 is 0 Å². The average molecular weight is 317 g/mol. The van der Waals surface area contributed by atoms with Gasteiger partial charge in [-0.3, -0.25) is 9.59 Å². The van der Waals surface area contributed by atoms with Crippen LogP contribution >= 0.6 is 0 Å². The summed E-state index contributed by atoms with van der Waals surface area (Å²) in [6.07, 6.45) is 4.01. The quantitative estimate of drug-likeness (QED) is 0.877. The van der Waals surface area contributed by atoms with Crippen LogP contribution in [0.5, 0.6) is 0 Å². The van der Waals surface area contributed by atoms with E-state index in [1.165, 1.54) is 18.5 Å². The van der Waals surface area contributed by atoms with Crippen LogP contribution in [-0.4, -0.2) is 40.8 Å². The Balaban J connectivity index is 1.53. The van der Waals surface area contributed by atoms with Gasteiger partial charge in [-0.25, -0.2) is 4.98 Å². The second-order valence-corrected chi connectivity index (χ2v) is 5.38. The van der Waals surface area contributed by atoms with Crippen LogP contribution in [0.2, 0.25) is 0 Å². The summed E-state index contributed by atoms with van der Waals surface area (Å²) >= 11 is 0. The Kier molecular flexibility index (Phi) is 4.36. The summed E-state index contributed by atoms with van der Waals surface area (Å²) in [7, 11) is 0. The Morgan fingerprint density at radius 2 is 2.09 bits per heavy atom. The fourth-order valence-electron chi connectivity index (χ4n) is 2.60. The summed E-state index contributed by atoms with van der Waals surface area (Å²) in [5, 5.41) is 2.86. The molecule has 3 heterocycles. The number of rotatable bonds is 3. The summed E-state index contributed by atoms with van der Waals surface area (Å²) in [5.74, 6) is -0.839. The van der Waals surface area contributed by atoms with E-state index in [1.54, 1.807) is 17.0 Å². The van der Waals surface area contributed by atoms with Gasteiger partial charge in [-0.05, 0) is 31.0 Å². The molecule has 1 saturated heterocycles. The first-order chi connectivity index (χ1) is 11.1. The number of pyridine rings is 1. The van der Waals surface area contributed by atoms with Crippen LogP contribution in [0.15, 0.2) is 41.1 Å². The molecule has 0 unspecified atom stereocenters. The molecule has 0 aliphatic carbocycles. The highest BCUT2D eigenvalue weighted by atomic mass is 19.1. The lowest BCUT2D eigenvalue weighted by Crippen LogP contribution is -2.46. The minimum Gasteiger partial charge on any atom is -0.459 e. The second kappa shape index (κ2) is 6.60. The van der Waals surface area contributed by atoms with Crippen molar-refractivity contribution < 1.29 is 18.4 Å². The molecule has 120 valence electrons. The largest absolute Gasteiger partial charge is 0.459 e. The molecule has 0 aromatic carbocycles. The van der Waals surface area contributed by atoms with Crippen molar-refractivity contribution in [1.29, 1.82) is 0 Å². The molecule has 3 rings (SSSR count). The van der Waals surface area contributed by atoms with E-state index in [0.29, 0.717) is 31.7 Å². The molecule has 0 radical (unpaired) electrons. The number of hydrogen-bond donors (Lipinski definition) is 1. The molecule has 0 bridgehead atoms. The predicted molar refractivity (Wildman–Crippen MR) is 79.3 cm³/mol. The molecular formula is C16H16FN3O3. The van der Waals surface area contributed by atoms with Crippen LogP contribution in [-0.2, 0) is 0 Å². The van der Waals surface area contributed by atoms with Crippen LogP contribution in [0, 0.1) is 5.95 Å². The molecule has 2 aromatic rings. The number of nitrogens with zero attached hydrogens (tertiary/aromatic N) is 2. The number of hydrogen-bond acceptors (Lipinski definition) is 4. The molecule has 1 aliphatic heterocycles. The van der Waals surface area contributed by atoms with Crippen molar-refractivity contribution >= 4 is 11.8 Å². The third-order valence-electron chi connectivity index (χ3n) is 3.84. The van der Waals surface area contributed by atoms with Crippen molar-refractivity contribution in [1.82, 2.24) is 15.2 Å². The maximum Gasteiger partial charge on any atom is 0.289 e. The normalized spacial score (nSPS) is 15.4. The molecule has 1 N–H and O–H groups in total. The molecule has 0 atom stereocenters. The molecule has 1 aliphatic rings. The number of carbonyl (C=O) groups excluding carboxylic acids is 2. The zero-order chi connectivity index (χ0) is 16.2. The molecule has 1 fully saturated rings. The lowest BCUT2D eigenvalue weighted by atomic mass is 10.0. The Labute approximate surface area is 132 Å². The Hall–Kier alpha value is -2.70. The maximum absolute atomic E-state index is 13.0. The first-order valence-electron chi connectivity index (χ1n) is 7.38. The van der Waals surface area contributed by atoms with Crippen LogP contribution < -0.4 is 5.32 Å². The van der Waals surface area contributed by atoms with Crippen LogP contribution in [0.25, 0.3) is 0 Å². The van der Waals surface area contributed by atoms with E-state index in [1.807, 2.05) is 0 Å². The first kappa shape index (κ1) is 15.2. The van der Waals surface area contributed by atoms with E-state index < -0.39 is 5.95 Å². The number of carbonyl (C=O) groups is 2. The highest BCUT2D eigenvalue weighted by Gasteiger charge is 2.26. The summed E-state index contributed by atoms with van der Waals surface area (Å²) in [5.41, 5.74) is 0.242. The number of furan rings is 1. The van der Waals surface area contributed by atoms with Gasteiger partial charge in [0.2, 0.25) is 5.95 Å². The third kappa shape index (κ3) is 3.56. The second-order valence-electron chi connectivity index (χ2n) is 5.38. The van der Waals surface area contributed by atoms with Gasteiger partial charge in [0.15, 0.2) is 5.76 Å². The minimum absolute atomic E-state index is 0.0422. The van der Waals surface area contributed by atoms with Gasteiger partial charge in [0.25, 0.3) is 11.8 Å². The van der Waals surface area contributed by atoms with E-state index in [-0.39, 0.29) is 23.4 Å². The standard InChI is InChI=1S/C16H16FN3O3/c17-14-10-11(3-6-18-14)15(21)19-12-4-7-20(8-5-12)16(22)13-2-1-9-23-13/h1-3,6,9-10,12H,4-5,7-8H2,(H,19,21). The highest BCUT2D eigenvalue weighted by molar-refractivity contribution is 5.94. The zero-order valence-corrected chi connectivity index (χ0v) is 12.4. The van der Waals surface area contributed by atoms with Crippen molar-refractivity contribution in [2.75, 3.05) is 13.1 Å². The highest BCUT2D eigenvalue weighted by Crippen LogP contribution is 2.15. The molecular weight excluding hydrogens is 301 g/mol. The van der Waals surface area contributed by atoms with Gasteiger partial charge in [0, 0.05) is 37.0 Å². The Morgan fingerprint density at radius 1 is 1.30 bits per heavy atom. The van der Waals surface area contributed by atoms with Gasteiger partial charge in [-0.2, -0.15) is 4.39 Å². The number of likely N-dealkylation sites (tertiary alicyclic amines) is 1. The average Bonchev–Trinajstić information content (AvgIpc) is 3.09. The number of nitrogens with one attached hydrogen (secondary N) is 1. The Bertz CT molecular complexity index is 694. The van der Waals surface area contributed by atoms with Crippen molar-refractivity contribution in [3.8, 4) is 0 Å². The van der Waals surface area contributed by atoms with Gasteiger partial charge in [-0.1, -0.05) is 0 Å². The number of piperidine rings is 1. The van der Waals surface area contributed by atoms with Crippen LogP contribution in [0.4, 0.5) is 4.39 Å². The zero-order valence-electron chi connectivity index (χ0n) is 12.4. The smallest absolute Gasteiger partial charge is 0.289 e. The van der Waals surface area contributed by atoms with Gasteiger partial charge in [-0.15, -0.1) is 0 Å². The molecule has 6 nitrogen and oxygen atoms in total. The lowest BCUT2D eigenvalue weighted by Gasteiger charge is -2.31. The molecule has 0 spiro atoms. The van der Waals surface area contributed by atoms with Crippen LogP contribution in [0.3, 0.4) is 0 Å². The monoisotopic (exact) mass is 317 g/mol. The summed E-state index contributed by atoms with van der Waals surface area (Å²) in [4.78, 5) is 29.3. The fourth-order valence-corrected chi connectivity index (χ4v) is 2.60. The number of halogens is 1. The SMILES string of the molecule is O=C(NC1CCN(C(=O)c2ccco2)CC1)c1ccnc(F)c1. The molecule has 2 amide bonds. The summed E-state index contributed by atoms with van der Waals surface area (Å²) < 4.78 is 18.1. The van der Waals surface area contributed by atoms with Gasteiger partial charge >= 0.3 is 0 Å². The molecule has 7 heteroatoms. The Morgan fingerprint density at radius 3 is 2.74 bits per heavy atom. The maximum atomic E-state index is 13.0. The van der Waals surface area contributed by atoms with E-state index in [0.717, 1.165) is 6.07 Å². The van der Waals surface area contributed by atoms with E-state index in [4.69, 9.17) is 4.42 Å². The molecule has 0 saturated carbocycles. The summed E-state index contributed by atoms with van der Waals surface area (Å²) in [6.45, 7) is 1.07. The number of aromatic nitrogens is 1. The minimum atomic E-state index is -0.684. The van der Waals surface area contributed by atoms with Gasteiger partial charge < -0.3 is 14.6 Å². The van der Waals surface area contributed by atoms with Crippen molar-refractivity contribution in [3.63, 3.8) is 0 Å². The van der Waals surface area contributed by atoms with Gasteiger partial charge in [0.05, 0.1) is 6.26 Å². The van der Waals surface area contributed by atoms with E-state index in [9.17, 15) is 14.0 Å². The first-order valence-corrected chi connectivity index (χ1v) is 7.38. The van der Waals surface area contributed by atoms with Gasteiger partial charge in [0.1, 0.15) is 0 Å². The molecule has 23 heavy (non-hydrogen) atoms. The number of amides is 2. The van der Waals surface area contributed by atoms with Crippen molar-refractivity contribution in [3.05, 3.63) is 54.0 Å².